The van der Waals surface area contributed by atoms with Crippen molar-refractivity contribution in [2.45, 2.75) is 408 Å². The van der Waals surface area contributed by atoms with Crippen molar-refractivity contribution in [3.8, 4) is 0 Å². The van der Waals surface area contributed by atoms with Crippen molar-refractivity contribution in [3.63, 3.8) is 0 Å². The number of aliphatic hydroxyl groups is 1. The van der Waals surface area contributed by atoms with Crippen molar-refractivity contribution >= 4 is 39.5 Å². The smallest absolute Gasteiger partial charge is 0.462 e. The molecular formula is C77H150O17P2. The fourth-order valence-electron chi connectivity index (χ4n) is 11.6. The van der Waals surface area contributed by atoms with Gasteiger partial charge in [0.25, 0.3) is 0 Å². The number of hydrogen-bond acceptors (Lipinski definition) is 15. The van der Waals surface area contributed by atoms with Crippen molar-refractivity contribution < 1.29 is 80.2 Å². The van der Waals surface area contributed by atoms with Crippen molar-refractivity contribution in [3.05, 3.63) is 0 Å². The van der Waals surface area contributed by atoms with Gasteiger partial charge in [0.2, 0.25) is 0 Å². The Hall–Kier alpha value is -1.94. The van der Waals surface area contributed by atoms with Crippen molar-refractivity contribution in [2.75, 3.05) is 39.6 Å². The van der Waals surface area contributed by atoms with E-state index in [1.54, 1.807) is 0 Å². The first-order valence-corrected chi connectivity index (χ1v) is 42.8. The van der Waals surface area contributed by atoms with Gasteiger partial charge in [-0.15, -0.1) is 0 Å². The summed E-state index contributed by atoms with van der Waals surface area (Å²) in [7, 11) is -9.91. The van der Waals surface area contributed by atoms with Gasteiger partial charge in [0.15, 0.2) is 12.2 Å². The third-order valence-electron chi connectivity index (χ3n) is 18.9. The number of aliphatic hydroxyl groups excluding tert-OH is 1. The molecule has 0 saturated carbocycles. The predicted octanol–water partition coefficient (Wildman–Crippen LogP) is 22.4. The van der Waals surface area contributed by atoms with Crippen LogP contribution in [-0.4, -0.2) is 96.7 Å². The summed E-state index contributed by atoms with van der Waals surface area (Å²) in [5.41, 5.74) is 0. The monoisotopic (exact) mass is 1410 g/mol. The van der Waals surface area contributed by atoms with Gasteiger partial charge >= 0.3 is 39.5 Å². The van der Waals surface area contributed by atoms with Gasteiger partial charge in [-0.3, -0.25) is 37.3 Å². The SMILES string of the molecule is CCC(C)CCCCCCCCCCCCCCCCC(=O)O[C@H](COC(=O)CCCCCCCCC(C)CC)COP(=O)(O)OC[C@H](O)COP(=O)(O)OC[C@@H](COC(=O)CCCCCCCCC(C)CC)OC(=O)CCCCCCCCCCCCCCCCCC(C)C. The predicted molar refractivity (Wildman–Crippen MR) is 391 cm³/mol. The van der Waals surface area contributed by atoms with Crippen LogP contribution in [0, 0.1) is 23.7 Å². The Bertz CT molecular complexity index is 1890. The van der Waals surface area contributed by atoms with E-state index >= 15 is 0 Å². The quantitative estimate of drug-likeness (QED) is 0.0222. The van der Waals surface area contributed by atoms with E-state index in [9.17, 15) is 43.2 Å². The average Bonchev–Trinajstić information content (AvgIpc) is 1.86. The Balaban J connectivity index is 5.21. The summed E-state index contributed by atoms with van der Waals surface area (Å²) < 4.78 is 68.5. The molecule has 96 heavy (non-hydrogen) atoms. The number of hydrogen-bond donors (Lipinski definition) is 3. The summed E-state index contributed by atoms with van der Waals surface area (Å²) in [6.45, 7) is 14.2. The molecule has 0 aliphatic rings. The second-order valence-electron chi connectivity index (χ2n) is 28.9. The number of unbranched alkanes of at least 4 members (excludes halogenated alkanes) is 37. The van der Waals surface area contributed by atoms with E-state index in [4.69, 9.17) is 37.0 Å². The van der Waals surface area contributed by atoms with Crippen LogP contribution in [0.5, 0.6) is 0 Å². The minimum atomic E-state index is -4.96. The first-order chi connectivity index (χ1) is 46.2. The van der Waals surface area contributed by atoms with Gasteiger partial charge < -0.3 is 33.8 Å². The highest BCUT2D eigenvalue weighted by molar-refractivity contribution is 7.47. The molecule has 0 fully saturated rings. The number of carbonyl (C=O) groups excluding carboxylic acids is 4. The molecule has 0 heterocycles. The molecule has 0 spiro atoms. The zero-order chi connectivity index (χ0) is 71.0. The Morgan fingerprint density at radius 2 is 0.500 bits per heavy atom. The van der Waals surface area contributed by atoms with Gasteiger partial charge in [-0.2, -0.15) is 0 Å². The van der Waals surface area contributed by atoms with E-state index < -0.39 is 97.5 Å². The van der Waals surface area contributed by atoms with Crippen LogP contribution in [0.3, 0.4) is 0 Å². The fraction of sp³-hybridized carbons (Fsp3) is 0.948. The standard InChI is InChI=1S/C77H150O17P2/c1-9-68(6)54-46-38-30-26-22-18-15-16-20-24-28-32-44-52-60-77(82)94-73(64-88-75(80)58-50-42-36-34-40-48-56-70(8)11-3)66-92-96(85,86)90-62-71(78)61-89-95(83,84)91-65-72(63-87-74(79)57-49-41-35-33-39-47-55-69(7)10-2)93-76(81)59-51-43-31-27-23-19-14-12-13-17-21-25-29-37-45-53-67(4)5/h67-73,78H,9-66H2,1-8H3,(H,83,84)(H,85,86)/t68?,69?,70?,71-,72-,73-/m1/s1. The Morgan fingerprint density at radius 3 is 0.740 bits per heavy atom. The lowest BCUT2D eigenvalue weighted by atomic mass is 9.99. The lowest BCUT2D eigenvalue weighted by Crippen LogP contribution is -2.30. The molecule has 0 saturated heterocycles. The largest absolute Gasteiger partial charge is 0.472 e. The van der Waals surface area contributed by atoms with Crippen LogP contribution in [-0.2, 0) is 65.4 Å². The first-order valence-electron chi connectivity index (χ1n) is 39.8. The molecule has 0 amide bonds. The third kappa shape index (κ3) is 66.6. The summed E-state index contributed by atoms with van der Waals surface area (Å²) in [6, 6.07) is 0. The van der Waals surface area contributed by atoms with Gasteiger partial charge in [-0.1, -0.05) is 338 Å². The number of phosphoric acid groups is 2. The van der Waals surface area contributed by atoms with Crippen LogP contribution >= 0.6 is 15.6 Å². The molecule has 8 atom stereocenters. The number of phosphoric ester groups is 2. The molecule has 17 nitrogen and oxygen atoms in total. The molecule has 570 valence electrons. The second-order valence-corrected chi connectivity index (χ2v) is 31.9. The Kier molecular flexibility index (Phi) is 65.0. The van der Waals surface area contributed by atoms with E-state index in [2.05, 4.69) is 55.4 Å². The van der Waals surface area contributed by atoms with E-state index in [0.717, 1.165) is 126 Å². The molecule has 19 heteroatoms. The van der Waals surface area contributed by atoms with Gasteiger partial charge in [0, 0.05) is 25.7 Å². The van der Waals surface area contributed by atoms with E-state index in [1.807, 2.05) is 0 Å². The van der Waals surface area contributed by atoms with Crippen molar-refractivity contribution in [1.29, 1.82) is 0 Å². The molecule has 0 aromatic carbocycles. The molecule has 0 aliphatic carbocycles. The lowest BCUT2D eigenvalue weighted by Gasteiger charge is -2.21. The normalized spacial score (nSPS) is 15.0. The second kappa shape index (κ2) is 66.3. The third-order valence-corrected chi connectivity index (χ3v) is 20.8. The topological polar surface area (TPSA) is 237 Å². The molecule has 0 radical (unpaired) electrons. The maximum atomic E-state index is 13.1. The van der Waals surface area contributed by atoms with Crippen LogP contribution in [0.4, 0.5) is 0 Å². The molecule has 0 aromatic rings. The van der Waals surface area contributed by atoms with E-state index in [1.165, 1.54) is 180 Å². The summed E-state index contributed by atoms with van der Waals surface area (Å²) in [5.74, 6) is 0.988. The Labute approximate surface area is 588 Å². The highest BCUT2D eigenvalue weighted by Crippen LogP contribution is 2.45. The van der Waals surface area contributed by atoms with Crippen LogP contribution < -0.4 is 0 Å². The van der Waals surface area contributed by atoms with E-state index in [-0.39, 0.29) is 25.7 Å². The number of carbonyl (C=O) groups is 4. The zero-order valence-corrected chi connectivity index (χ0v) is 64.8. The van der Waals surface area contributed by atoms with Gasteiger partial charge in [-0.05, 0) is 49.4 Å². The molecule has 0 rings (SSSR count). The van der Waals surface area contributed by atoms with Gasteiger partial charge in [0.05, 0.1) is 26.4 Å². The lowest BCUT2D eigenvalue weighted by molar-refractivity contribution is -0.161. The van der Waals surface area contributed by atoms with Crippen molar-refractivity contribution in [2.24, 2.45) is 23.7 Å². The minimum Gasteiger partial charge on any atom is -0.462 e. The highest BCUT2D eigenvalue weighted by Gasteiger charge is 2.30. The van der Waals surface area contributed by atoms with Crippen molar-refractivity contribution in [1.82, 2.24) is 0 Å². The minimum absolute atomic E-state index is 0.106. The zero-order valence-electron chi connectivity index (χ0n) is 63.0. The summed E-state index contributed by atoms with van der Waals surface area (Å²) in [4.78, 5) is 72.8. The molecule has 3 N–H and O–H groups in total. The Morgan fingerprint density at radius 1 is 0.292 bits per heavy atom. The molecule has 0 aliphatic heterocycles. The van der Waals surface area contributed by atoms with E-state index in [0.29, 0.717) is 25.7 Å². The maximum absolute atomic E-state index is 13.1. The van der Waals surface area contributed by atoms with Crippen LogP contribution in [0.2, 0.25) is 0 Å². The summed E-state index contributed by atoms with van der Waals surface area (Å²) in [5, 5.41) is 10.6. The summed E-state index contributed by atoms with van der Waals surface area (Å²) >= 11 is 0. The number of ether oxygens (including phenoxy) is 4. The molecular weight excluding hydrogens is 1260 g/mol. The highest BCUT2D eigenvalue weighted by atomic mass is 31.2. The molecule has 0 bridgehead atoms. The summed E-state index contributed by atoms with van der Waals surface area (Å²) in [6.07, 6.45) is 51.4. The van der Waals surface area contributed by atoms with Gasteiger partial charge in [-0.25, -0.2) is 9.13 Å². The maximum Gasteiger partial charge on any atom is 0.472 e. The molecule has 5 unspecified atom stereocenters. The fourth-order valence-corrected chi connectivity index (χ4v) is 13.2. The number of rotatable bonds is 74. The molecule has 0 aromatic heterocycles. The van der Waals surface area contributed by atoms with Crippen LogP contribution in [0.1, 0.15) is 389 Å². The number of esters is 4. The van der Waals surface area contributed by atoms with Crippen LogP contribution in [0.15, 0.2) is 0 Å². The average molecular weight is 1410 g/mol. The van der Waals surface area contributed by atoms with Gasteiger partial charge in [0.1, 0.15) is 19.3 Å². The first kappa shape index (κ1) is 94.1. The van der Waals surface area contributed by atoms with Crippen LogP contribution in [0.25, 0.3) is 0 Å².